The largest absolute Gasteiger partial charge is 0.496 e. The number of rotatable bonds is 8. The number of nitrogens with one attached hydrogen (secondary N) is 2. The van der Waals surface area contributed by atoms with Gasteiger partial charge in [-0.3, -0.25) is 4.90 Å². The topological polar surface area (TPSA) is 79.6 Å². The molecular weight excluding hydrogens is 366 g/mol. The van der Waals surface area contributed by atoms with E-state index >= 15 is 0 Å². The van der Waals surface area contributed by atoms with Crippen molar-refractivity contribution in [2.45, 2.75) is 45.8 Å². The summed E-state index contributed by atoms with van der Waals surface area (Å²) in [5.41, 5.74) is 1.06. The van der Waals surface area contributed by atoms with Crippen LogP contribution in [-0.2, 0) is 20.1 Å². The Morgan fingerprint density at radius 2 is 2.10 bits per heavy atom. The number of para-hydroxylation sites is 1. The molecule has 158 valence electrons. The number of methoxy groups -OCH3 is 1. The monoisotopic (exact) mass is 399 g/mol. The van der Waals surface area contributed by atoms with Gasteiger partial charge in [-0.1, -0.05) is 25.1 Å². The zero-order valence-electron chi connectivity index (χ0n) is 18.0. The third kappa shape index (κ3) is 5.47. The number of aromatic nitrogens is 3. The molecule has 8 nitrogen and oxygen atoms in total. The van der Waals surface area contributed by atoms with Gasteiger partial charge in [0.25, 0.3) is 0 Å². The third-order valence-corrected chi connectivity index (χ3v) is 5.61. The summed E-state index contributed by atoms with van der Waals surface area (Å²) >= 11 is 0. The molecule has 1 aliphatic heterocycles. The molecule has 1 fully saturated rings. The maximum absolute atomic E-state index is 5.46. The molecule has 2 heterocycles. The van der Waals surface area contributed by atoms with Gasteiger partial charge in [-0.15, -0.1) is 10.2 Å². The molecule has 0 saturated carbocycles. The van der Waals surface area contributed by atoms with Crippen LogP contribution in [0.5, 0.6) is 5.75 Å². The Balaban J connectivity index is 1.68. The Hall–Kier alpha value is -2.61. The summed E-state index contributed by atoms with van der Waals surface area (Å²) in [5.74, 6) is 3.41. The van der Waals surface area contributed by atoms with E-state index in [0.717, 1.165) is 42.0 Å². The third-order valence-electron chi connectivity index (χ3n) is 5.61. The van der Waals surface area contributed by atoms with E-state index in [0.29, 0.717) is 19.1 Å². The zero-order chi connectivity index (χ0) is 20.6. The second-order valence-corrected chi connectivity index (χ2v) is 7.36. The molecule has 2 aromatic rings. The van der Waals surface area contributed by atoms with E-state index in [4.69, 9.17) is 9.73 Å². The molecule has 29 heavy (non-hydrogen) atoms. The number of benzene rings is 1. The molecule has 8 heteroatoms. The summed E-state index contributed by atoms with van der Waals surface area (Å²) in [4.78, 5) is 7.33. The van der Waals surface area contributed by atoms with Crippen LogP contribution < -0.4 is 15.4 Å². The molecule has 1 aromatic carbocycles. The van der Waals surface area contributed by atoms with Crippen molar-refractivity contribution >= 4 is 5.96 Å². The number of aryl methyl sites for hydroxylation is 1. The molecule has 2 N–H and O–H groups in total. The normalized spacial score (nSPS) is 17.5. The molecule has 0 spiro atoms. The molecule has 1 saturated heterocycles. The Bertz CT molecular complexity index is 817. The van der Waals surface area contributed by atoms with Crippen LogP contribution in [-0.4, -0.2) is 58.4 Å². The van der Waals surface area contributed by atoms with Gasteiger partial charge in [0.15, 0.2) is 11.8 Å². The van der Waals surface area contributed by atoms with E-state index in [9.17, 15) is 0 Å². The summed E-state index contributed by atoms with van der Waals surface area (Å²) in [6.45, 7) is 8.43. The van der Waals surface area contributed by atoms with Crippen LogP contribution in [0.3, 0.4) is 0 Å². The van der Waals surface area contributed by atoms with Crippen LogP contribution in [0.4, 0.5) is 0 Å². The number of ether oxygens (including phenoxy) is 1. The molecular formula is C21H33N7O. The van der Waals surface area contributed by atoms with E-state index in [1.807, 2.05) is 42.8 Å². The van der Waals surface area contributed by atoms with Crippen molar-refractivity contribution in [2.24, 2.45) is 12.0 Å². The molecule has 1 unspecified atom stereocenters. The summed E-state index contributed by atoms with van der Waals surface area (Å²) in [6, 6.07) is 8.54. The number of hydrogen-bond donors (Lipinski definition) is 2. The maximum Gasteiger partial charge on any atom is 0.192 e. The predicted molar refractivity (Wildman–Crippen MR) is 115 cm³/mol. The molecule has 1 aromatic heterocycles. The van der Waals surface area contributed by atoms with Crippen molar-refractivity contribution in [3.05, 3.63) is 41.5 Å². The van der Waals surface area contributed by atoms with Gasteiger partial charge in [0.1, 0.15) is 11.6 Å². The number of likely N-dealkylation sites (tertiary alicyclic amines) is 1. The van der Waals surface area contributed by atoms with E-state index in [-0.39, 0.29) is 0 Å². The molecule has 3 rings (SSSR count). The first kappa shape index (κ1) is 21.1. The van der Waals surface area contributed by atoms with Crippen molar-refractivity contribution in [2.75, 3.05) is 26.7 Å². The molecule has 0 amide bonds. The van der Waals surface area contributed by atoms with Crippen molar-refractivity contribution in [1.82, 2.24) is 30.3 Å². The van der Waals surface area contributed by atoms with Crippen LogP contribution >= 0.6 is 0 Å². The number of aliphatic imine (C=N–C) groups is 1. The first-order valence-electron chi connectivity index (χ1n) is 10.3. The van der Waals surface area contributed by atoms with E-state index in [1.165, 1.54) is 19.4 Å². The van der Waals surface area contributed by atoms with Crippen LogP contribution in [0.2, 0.25) is 0 Å². The van der Waals surface area contributed by atoms with E-state index in [1.54, 1.807) is 7.11 Å². The van der Waals surface area contributed by atoms with Crippen molar-refractivity contribution in [3.63, 3.8) is 0 Å². The number of hydrogen-bond acceptors (Lipinski definition) is 5. The fourth-order valence-corrected chi connectivity index (χ4v) is 3.70. The number of likely N-dealkylation sites (N-methyl/N-ethyl adjacent to an activating group) is 1. The molecule has 0 bridgehead atoms. The molecule has 1 aliphatic rings. The molecule has 0 aliphatic carbocycles. The lowest BCUT2D eigenvalue weighted by molar-refractivity contribution is 0.267. The lowest BCUT2D eigenvalue weighted by Gasteiger charge is -2.24. The maximum atomic E-state index is 5.46. The number of guanidine groups is 1. The Labute approximate surface area is 173 Å². The fourth-order valence-electron chi connectivity index (χ4n) is 3.70. The Kier molecular flexibility index (Phi) is 7.46. The standard InChI is InChI=1S/C21H33N7O/c1-5-28-12-8-10-18(28)14-23-21(24-15-20-26-25-16(2)27(20)3)22-13-17-9-6-7-11-19(17)29-4/h6-7,9,11,18H,5,8,10,12-15H2,1-4H3,(H2,22,23,24). The highest BCUT2D eigenvalue weighted by Gasteiger charge is 2.22. The van der Waals surface area contributed by atoms with E-state index in [2.05, 4.69) is 32.7 Å². The molecule has 0 radical (unpaired) electrons. The van der Waals surface area contributed by atoms with Gasteiger partial charge < -0.3 is 19.9 Å². The lowest BCUT2D eigenvalue weighted by atomic mass is 10.2. The van der Waals surface area contributed by atoms with Gasteiger partial charge in [-0.25, -0.2) is 4.99 Å². The van der Waals surface area contributed by atoms with Gasteiger partial charge in [0, 0.05) is 25.2 Å². The summed E-state index contributed by atoms with van der Waals surface area (Å²) in [6.07, 6.45) is 2.49. The average Bonchev–Trinajstić information content (AvgIpc) is 3.34. The van der Waals surface area contributed by atoms with E-state index < -0.39 is 0 Å². The highest BCUT2D eigenvalue weighted by molar-refractivity contribution is 5.79. The number of nitrogens with zero attached hydrogens (tertiary/aromatic N) is 5. The van der Waals surface area contributed by atoms with Gasteiger partial charge in [0.2, 0.25) is 0 Å². The lowest BCUT2D eigenvalue weighted by Crippen LogP contribution is -2.44. The minimum Gasteiger partial charge on any atom is -0.496 e. The fraction of sp³-hybridized carbons (Fsp3) is 0.571. The summed E-state index contributed by atoms with van der Waals surface area (Å²) in [7, 11) is 3.67. The second kappa shape index (κ2) is 10.2. The highest BCUT2D eigenvalue weighted by Crippen LogP contribution is 2.18. The van der Waals surface area contributed by atoms with Gasteiger partial charge in [-0.2, -0.15) is 0 Å². The van der Waals surface area contributed by atoms with Crippen LogP contribution in [0, 0.1) is 6.92 Å². The second-order valence-electron chi connectivity index (χ2n) is 7.36. The summed E-state index contributed by atoms with van der Waals surface area (Å²) in [5, 5.41) is 15.3. The first-order chi connectivity index (χ1) is 14.1. The predicted octanol–water partition coefficient (Wildman–Crippen LogP) is 1.85. The van der Waals surface area contributed by atoms with Crippen LogP contribution in [0.1, 0.15) is 37.0 Å². The average molecular weight is 400 g/mol. The highest BCUT2D eigenvalue weighted by atomic mass is 16.5. The smallest absolute Gasteiger partial charge is 0.192 e. The van der Waals surface area contributed by atoms with Crippen molar-refractivity contribution in [3.8, 4) is 5.75 Å². The Morgan fingerprint density at radius 3 is 2.83 bits per heavy atom. The van der Waals surface area contributed by atoms with Crippen LogP contribution in [0.15, 0.2) is 29.3 Å². The van der Waals surface area contributed by atoms with Crippen molar-refractivity contribution in [1.29, 1.82) is 0 Å². The molecule has 1 atom stereocenters. The Morgan fingerprint density at radius 1 is 1.28 bits per heavy atom. The summed E-state index contributed by atoms with van der Waals surface area (Å²) < 4.78 is 7.44. The van der Waals surface area contributed by atoms with Gasteiger partial charge in [0.05, 0.1) is 20.2 Å². The first-order valence-corrected chi connectivity index (χ1v) is 10.3. The van der Waals surface area contributed by atoms with Crippen molar-refractivity contribution < 1.29 is 4.74 Å². The minimum absolute atomic E-state index is 0.541. The van der Waals surface area contributed by atoms with Crippen LogP contribution in [0.25, 0.3) is 0 Å². The van der Waals surface area contributed by atoms with Gasteiger partial charge in [-0.05, 0) is 38.9 Å². The minimum atomic E-state index is 0.541. The quantitative estimate of drug-likeness (QED) is 0.521. The zero-order valence-corrected chi connectivity index (χ0v) is 18.0. The SMILES string of the molecule is CCN1CCCC1CNC(=NCc1ccccc1OC)NCc1nnc(C)n1C. The van der Waals surface area contributed by atoms with Gasteiger partial charge >= 0.3 is 0 Å².